The first-order valence-electron chi connectivity index (χ1n) is 13.6. The lowest BCUT2D eigenvalue weighted by atomic mass is 9.82. The number of alkyl halides is 3. The minimum absolute atomic E-state index is 0.0278. The molecule has 4 aromatic rings. The zero-order valence-corrected chi connectivity index (χ0v) is 24.0. The molecule has 9 heteroatoms. The van der Waals surface area contributed by atoms with Crippen molar-refractivity contribution < 1.29 is 27.5 Å². The van der Waals surface area contributed by atoms with Gasteiger partial charge in [0.15, 0.2) is 6.10 Å². The minimum Gasteiger partial charge on any atom is -0.379 e. The van der Waals surface area contributed by atoms with Crippen molar-refractivity contribution in [2.75, 3.05) is 6.54 Å². The number of rotatable bonds is 7. The number of aliphatic hydroxyl groups excluding tert-OH is 1. The SMILES string of the molecule is CC1CCC(CN(Cc2cc(-c3ccc(C(O)C(F)(F)F)cc3)ccc2F)C(=O)c2sc3ccccc3c2Cl)CC1. The molecule has 41 heavy (non-hydrogen) atoms. The van der Waals surface area contributed by atoms with Crippen LogP contribution in [0.15, 0.2) is 66.7 Å². The molecule has 0 aliphatic heterocycles. The van der Waals surface area contributed by atoms with Crippen molar-refractivity contribution in [1.82, 2.24) is 4.90 Å². The predicted molar refractivity (Wildman–Crippen MR) is 156 cm³/mol. The maximum Gasteiger partial charge on any atom is 0.418 e. The molecule has 1 fully saturated rings. The number of fused-ring (bicyclic) bond motifs is 1. The first kappa shape index (κ1) is 29.5. The molecule has 3 nitrogen and oxygen atoms in total. The van der Waals surface area contributed by atoms with Crippen LogP contribution >= 0.6 is 22.9 Å². The second-order valence-corrected chi connectivity index (χ2v) is 12.4. The van der Waals surface area contributed by atoms with Gasteiger partial charge in [-0.3, -0.25) is 4.79 Å². The van der Waals surface area contributed by atoms with Gasteiger partial charge in [-0.25, -0.2) is 4.39 Å². The Labute approximate surface area is 245 Å². The van der Waals surface area contributed by atoms with E-state index in [0.29, 0.717) is 45.0 Å². The maximum absolute atomic E-state index is 15.2. The highest BCUT2D eigenvalue weighted by Crippen LogP contribution is 2.38. The molecule has 0 radical (unpaired) electrons. The Bertz CT molecular complexity index is 1530. The van der Waals surface area contributed by atoms with E-state index in [1.54, 1.807) is 17.0 Å². The van der Waals surface area contributed by atoms with Crippen molar-refractivity contribution in [3.05, 3.63) is 93.6 Å². The number of amides is 1. The molecule has 1 aliphatic rings. The molecular weight excluding hydrogens is 574 g/mol. The summed E-state index contributed by atoms with van der Waals surface area (Å²) in [6.45, 7) is 2.73. The summed E-state index contributed by atoms with van der Waals surface area (Å²) in [4.78, 5) is 16.0. The van der Waals surface area contributed by atoms with Gasteiger partial charge in [0, 0.05) is 28.7 Å². The Kier molecular flexibility index (Phi) is 8.73. The largest absolute Gasteiger partial charge is 0.418 e. The van der Waals surface area contributed by atoms with E-state index in [9.17, 15) is 23.1 Å². The second-order valence-electron chi connectivity index (χ2n) is 10.9. The van der Waals surface area contributed by atoms with Crippen LogP contribution in [-0.2, 0) is 6.54 Å². The van der Waals surface area contributed by atoms with Crippen LogP contribution in [0.1, 0.15) is 59.5 Å². The molecule has 5 rings (SSSR count). The molecule has 1 unspecified atom stereocenters. The van der Waals surface area contributed by atoms with Crippen LogP contribution in [0.4, 0.5) is 17.6 Å². The zero-order chi connectivity index (χ0) is 29.3. The number of nitrogens with zero attached hydrogens (tertiary/aromatic N) is 1. The van der Waals surface area contributed by atoms with E-state index in [0.717, 1.165) is 35.8 Å². The monoisotopic (exact) mass is 603 g/mol. The molecule has 1 atom stereocenters. The number of hydrogen-bond donors (Lipinski definition) is 1. The topological polar surface area (TPSA) is 40.5 Å². The van der Waals surface area contributed by atoms with Crippen LogP contribution in [0, 0.1) is 17.7 Å². The number of thiophene rings is 1. The highest BCUT2D eigenvalue weighted by molar-refractivity contribution is 7.21. The summed E-state index contributed by atoms with van der Waals surface area (Å²) in [5.41, 5.74) is 1.18. The summed E-state index contributed by atoms with van der Waals surface area (Å²) in [6.07, 6.45) is -3.21. The quantitative estimate of drug-likeness (QED) is 0.214. The number of carbonyl (C=O) groups excluding carboxylic acids is 1. The molecule has 1 aliphatic carbocycles. The van der Waals surface area contributed by atoms with Gasteiger partial charge in [0.25, 0.3) is 5.91 Å². The summed E-state index contributed by atoms with van der Waals surface area (Å²) >= 11 is 7.99. The van der Waals surface area contributed by atoms with Crippen molar-refractivity contribution in [2.45, 2.75) is 51.4 Å². The van der Waals surface area contributed by atoms with Gasteiger partial charge >= 0.3 is 6.18 Å². The van der Waals surface area contributed by atoms with Gasteiger partial charge < -0.3 is 10.0 Å². The average Bonchev–Trinajstić information content (AvgIpc) is 3.30. The lowest BCUT2D eigenvalue weighted by molar-refractivity contribution is -0.206. The van der Waals surface area contributed by atoms with Gasteiger partial charge in [0.2, 0.25) is 0 Å². The van der Waals surface area contributed by atoms with E-state index in [4.69, 9.17) is 11.6 Å². The third kappa shape index (κ3) is 6.60. The highest BCUT2D eigenvalue weighted by Gasteiger charge is 2.39. The van der Waals surface area contributed by atoms with Gasteiger partial charge in [-0.05, 0) is 59.6 Å². The normalized spacial score (nSPS) is 18.4. The molecule has 1 heterocycles. The second kappa shape index (κ2) is 12.1. The minimum atomic E-state index is -4.77. The summed E-state index contributed by atoms with van der Waals surface area (Å²) in [6, 6.07) is 17.4. The molecule has 0 saturated heterocycles. The van der Waals surface area contributed by atoms with E-state index in [-0.39, 0.29) is 18.0 Å². The number of aliphatic hydroxyl groups is 1. The number of benzene rings is 3. The molecule has 216 valence electrons. The van der Waals surface area contributed by atoms with Crippen molar-refractivity contribution in [1.29, 1.82) is 0 Å². The average molecular weight is 604 g/mol. The summed E-state index contributed by atoms with van der Waals surface area (Å²) in [5.74, 6) is 0.216. The zero-order valence-electron chi connectivity index (χ0n) is 22.4. The van der Waals surface area contributed by atoms with Crippen molar-refractivity contribution in [3.8, 4) is 11.1 Å². The molecule has 1 amide bonds. The fourth-order valence-electron chi connectivity index (χ4n) is 5.47. The summed E-state index contributed by atoms with van der Waals surface area (Å²) in [5, 5.41) is 10.7. The third-order valence-corrected chi connectivity index (χ3v) is 9.57. The fraction of sp³-hybridized carbons (Fsp3) is 0.344. The van der Waals surface area contributed by atoms with Crippen LogP contribution in [0.5, 0.6) is 0 Å². The van der Waals surface area contributed by atoms with Crippen LogP contribution in [0.2, 0.25) is 5.02 Å². The fourth-order valence-corrected chi connectivity index (χ4v) is 6.95. The molecule has 0 spiro atoms. The molecule has 3 aromatic carbocycles. The first-order chi connectivity index (χ1) is 19.5. The Morgan fingerprint density at radius 2 is 1.68 bits per heavy atom. The van der Waals surface area contributed by atoms with Gasteiger partial charge in [0.1, 0.15) is 10.7 Å². The van der Waals surface area contributed by atoms with Gasteiger partial charge in [-0.15, -0.1) is 11.3 Å². The van der Waals surface area contributed by atoms with Crippen LogP contribution in [0.25, 0.3) is 21.2 Å². The highest BCUT2D eigenvalue weighted by atomic mass is 35.5. The summed E-state index contributed by atoms with van der Waals surface area (Å²) in [7, 11) is 0. The number of halogens is 5. The van der Waals surface area contributed by atoms with Gasteiger partial charge in [0.05, 0.1) is 5.02 Å². The standard InChI is InChI=1S/C32H30ClF4NO2S/c1-19-6-8-20(9-7-19)17-38(31(40)29-28(33)25-4-2-3-5-27(25)41-29)18-24-16-23(14-15-26(24)34)21-10-12-22(13-11-21)30(39)32(35,36)37/h2-5,10-16,19-20,30,39H,6-9,17-18H2,1H3. The Hall–Kier alpha value is -2.94. The molecule has 1 N–H and O–H groups in total. The Morgan fingerprint density at radius 3 is 2.34 bits per heavy atom. The lowest BCUT2D eigenvalue weighted by Gasteiger charge is -2.32. The first-order valence-corrected chi connectivity index (χ1v) is 14.8. The van der Waals surface area contributed by atoms with Crippen molar-refractivity contribution in [3.63, 3.8) is 0 Å². The van der Waals surface area contributed by atoms with Gasteiger partial charge in [-0.1, -0.05) is 79.9 Å². The maximum atomic E-state index is 15.2. The molecule has 1 saturated carbocycles. The van der Waals surface area contributed by atoms with Crippen LogP contribution in [0.3, 0.4) is 0 Å². The predicted octanol–water partition coefficient (Wildman–Crippen LogP) is 9.43. The van der Waals surface area contributed by atoms with E-state index < -0.39 is 18.1 Å². The van der Waals surface area contributed by atoms with E-state index in [1.165, 1.54) is 41.7 Å². The smallest absolute Gasteiger partial charge is 0.379 e. The Morgan fingerprint density at radius 1 is 1.02 bits per heavy atom. The molecule has 1 aromatic heterocycles. The van der Waals surface area contributed by atoms with E-state index in [2.05, 4.69) is 6.92 Å². The van der Waals surface area contributed by atoms with Gasteiger partial charge in [-0.2, -0.15) is 13.2 Å². The summed E-state index contributed by atoms with van der Waals surface area (Å²) < 4.78 is 54.8. The number of hydrogen-bond acceptors (Lipinski definition) is 3. The molecule has 0 bridgehead atoms. The Balaban J connectivity index is 1.44. The van der Waals surface area contributed by atoms with Crippen molar-refractivity contribution in [2.24, 2.45) is 11.8 Å². The number of carbonyl (C=O) groups is 1. The van der Waals surface area contributed by atoms with E-state index in [1.807, 2.05) is 24.3 Å². The third-order valence-electron chi connectivity index (χ3n) is 7.91. The van der Waals surface area contributed by atoms with Crippen molar-refractivity contribution >= 4 is 38.9 Å². The lowest BCUT2D eigenvalue weighted by Crippen LogP contribution is -2.36. The van der Waals surface area contributed by atoms with Crippen LogP contribution in [-0.4, -0.2) is 28.6 Å². The van der Waals surface area contributed by atoms with E-state index >= 15 is 4.39 Å². The molecular formula is C32H30ClF4NO2S. The van der Waals surface area contributed by atoms with Crippen LogP contribution < -0.4 is 0 Å².